The summed E-state index contributed by atoms with van der Waals surface area (Å²) in [6.45, 7) is 4.54. The van der Waals surface area contributed by atoms with E-state index in [1.165, 1.54) is 6.07 Å². The molecule has 0 aromatic heterocycles. The van der Waals surface area contributed by atoms with Gasteiger partial charge < -0.3 is 4.74 Å². The van der Waals surface area contributed by atoms with Crippen LogP contribution in [-0.4, -0.2) is 6.61 Å². The van der Waals surface area contributed by atoms with Crippen LogP contribution in [0, 0.1) is 23.4 Å². The molecule has 1 fully saturated rings. The summed E-state index contributed by atoms with van der Waals surface area (Å²) in [7, 11) is 0. The van der Waals surface area contributed by atoms with E-state index in [4.69, 9.17) is 4.74 Å². The number of rotatable bonds is 10. The predicted octanol–water partition coefficient (Wildman–Crippen LogP) is 10.2. The quantitative estimate of drug-likeness (QED) is 0.196. The molecule has 1 aliphatic carbocycles. The Morgan fingerprint density at radius 1 is 0.784 bits per heavy atom. The summed E-state index contributed by atoms with van der Waals surface area (Å²) in [6.07, 6.45) is 12.6. The molecule has 3 aromatic rings. The van der Waals surface area contributed by atoms with Gasteiger partial charge in [-0.05, 0) is 91.3 Å². The maximum absolute atomic E-state index is 15.1. The lowest BCUT2D eigenvalue weighted by molar-refractivity contribution is 0.285. The molecule has 0 atom stereocenters. The SMILES string of the molecule is CC=CC1CCC(c2ccc(-c3ccc(-c4ccc(OCCCCCC)c(F)c4F)cc3)cc2F)CC1. The Hall–Kier alpha value is -3.01. The summed E-state index contributed by atoms with van der Waals surface area (Å²) >= 11 is 0. The van der Waals surface area contributed by atoms with Gasteiger partial charge in [0.05, 0.1) is 6.61 Å². The molecule has 0 saturated heterocycles. The van der Waals surface area contributed by atoms with Crippen molar-refractivity contribution in [3.63, 3.8) is 0 Å². The maximum atomic E-state index is 15.1. The van der Waals surface area contributed by atoms with E-state index < -0.39 is 11.6 Å². The topological polar surface area (TPSA) is 9.23 Å². The molecule has 4 rings (SSSR count). The molecule has 0 amide bonds. The van der Waals surface area contributed by atoms with Crippen molar-refractivity contribution in [2.45, 2.75) is 71.1 Å². The van der Waals surface area contributed by atoms with E-state index in [0.29, 0.717) is 18.1 Å². The van der Waals surface area contributed by atoms with Crippen LogP contribution in [0.5, 0.6) is 5.75 Å². The highest BCUT2D eigenvalue weighted by atomic mass is 19.2. The highest BCUT2D eigenvalue weighted by Crippen LogP contribution is 2.38. The van der Waals surface area contributed by atoms with E-state index in [1.54, 1.807) is 24.3 Å². The molecule has 1 saturated carbocycles. The van der Waals surface area contributed by atoms with Crippen LogP contribution >= 0.6 is 0 Å². The average Bonchev–Trinajstić information content (AvgIpc) is 2.92. The van der Waals surface area contributed by atoms with Gasteiger partial charge in [-0.1, -0.05) is 74.7 Å². The Kier molecular flexibility index (Phi) is 9.49. The second-order valence-corrected chi connectivity index (χ2v) is 10.1. The van der Waals surface area contributed by atoms with Crippen LogP contribution in [0.3, 0.4) is 0 Å². The number of benzene rings is 3. The lowest BCUT2D eigenvalue weighted by atomic mass is 9.78. The monoisotopic (exact) mass is 506 g/mol. The molecular weight excluding hydrogens is 469 g/mol. The fraction of sp³-hybridized carbons (Fsp3) is 0.394. The third kappa shape index (κ3) is 6.66. The van der Waals surface area contributed by atoms with E-state index in [9.17, 15) is 8.78 Å². The van der Waals surface area contributed by atoms with Crippen molar-refractivity contribution in [2.75, 3.05) is 6.61 Å². The molecule has 0 spiro atoms. The first kappa shape index (κ1) is 27.0. The van der Waals surface area contributed by atoms with Gasteiger partial charge in [0.25, 0.3) is 0 Å². The lowest BCUT2D eigenvalue weighted by Gasteiger charge is -2.27. The molecule has 3 aromatic carbocycles. The van der Waals surface area contributed by atoms with Crippen LogP contribution in [0.15, 0.2) is 66.7 Å². The molecule has 37 heavy (non-hydrogen) atoms. The first-order valence-corrected chi connectivity index (χ1v) is 13.7. The zero-order valence-corrected chi connectivity index (χ0v) is 21.9. The first-order chi connectivity index (χ1) is 18.0. The molecule has 0 heterocycles. The van der Waals surface area contributed by atoms with Crippen molar-refractivity contribution in [2.24, 2.45) is 5.92 Å². The fourth-order valence-corrected chi connectivity index (χ4v) is 5.35. The Balaban J connectivity index is 1.44. The summed E-state index contributed by atoms with van der Waals surface area (Å²) in [4.78, 5) is 0. The number of hydrogen-bond acceptors (Lipinski definition) is 1. The van der Waals surface area contributed by atoms with Crippen LogP contribution < -0.4 is 4.74 Å². The van der Waals surface area contributed by atoms with E-state index in [-0.39, 0.29) is 23.0 Å². The highest BCUT2D eigenvalue weighted by Gasteiger charge is 2.23. The van der Waals surface area contributed by atoms with Crippen molar-refractivity contribution in [3.05, 3.63) is 89.8 Å². The third-order valence-corrected chi connectivity index (χ3v) is 7.51. The van der Waals surface area contributed by atoms with Crippen molar-refractivity contribution < 1.29 is 17.9 Å². The molecule has 0 unspecified atom stereocenters. The van der Waals surface area contributed by atoms with E-state index in [0.717, 1.165) is 68.1 Å². The summed E-state index contributed by atoms with van der Waals surface area (Å²) in [5.74, 6) is -1.23. The minimum absolute atomic E-state index is 0.0553. The summed E-state index contributed by atoms with van der Waals surface area (Å²) in [5.41, 5.74) is 3.14. The van der Waals surface area contributed by atoms with Gasteiger partial charge in [-0.25, -0.2) is 8.78 Å². The minimum Gasteiger partial charge on any atom is -0.490 e. The smallest absolute Gasteiger partial charge is 0.201 e. The Morgan fingerprint density at radius 3 is 2.16 bits per heavy atom. The fourth-order valence-electron chi connectivity index (χ4n) is 5.35. The molecule has 0 radical (unpaired) electrons. The van der Waals surface area contributed by atoms with Gasteiger partial charge in [-0.2, -0.15) is 4.39 Å². The maximum Gasteiger partial charge on any atom is 0.201 e. The van der Waals surface area contributed by atoms with Gasteiger partial charge >= 0.3 is 0 Å². The number of hydrogen-bond donors (Lipinski definition) is 0. The van der Waals surface area contributed by atoms with Crippen LogP contribution in [0.4, 0.5) is 13.2 Å². The van der Waals surface area contributed by atoms with Gasteiger partial charge in [-0.15, -0.1) is 0 Å². The largest absolute Gasteiger partial charge is 0.490 e. The summed E-state index contributed by atoms with van der Waals surface area (Å²) in [6, 6.07) is 15.6. The number of unbranched alkanes of at least 4 members (excludes halogenated alkanes) is 3. The highest BCUT2D eigenvalue weighted by molar-refractivity contribution is 5.71. The zero-order valence-electron chi connectivity index (χ0n) is 21.9. The second-order valence-electron chi connectivity index (χ2n) is 10.1. The third-order valence-electron chi connectivity index (χ3n) is 7.51. The van der Waals surface area contributed by atoms with Crippen molar-refractivity contribution in [1.82, 2.24) is 0 Å². The zero-order chi connectivity index (χ0) is 26.2. The van der Waals surface area contributed by atoms with Gasteiger partial charge in [0.1, 0.15) is 5.82 Å². The second kappa shape index (κ2) is 13.0. The van der Waals surface area contributed by atoms with Gasteiger partial charge in [0.15, 0.2) is 11.6 Å². The predicted molar refractivity (Wildman–Crippen MR) is 146 cm³/mol. The van der Waals surface area contributed by atoms with Crippen LogP contribution in [0.2, 0.25) is 0 Å². The molecule has 1 nitrogen and oxygen atoms in total. The molecule has 0 bridgehead atoms. The van der Waals surface area contributed by atoms with Crippen LogP contribution in [0.1, 0.15) is 76.7 Å². The number of halogens is 3. The lowest BCUT2D eigenvalue weighted by Crippen LogP contribution is -2.12. The summed E-state index contributed by atoms with van der Waals surface area (Å²) in [5, 5.41) is 0. The normalized spacial score (nSPS) is 17.9. The van der Waals surface area contributed by atoms with Gasteiger partial charge in [-0.3, -0.25) is 0 Å². The Bertz CT molecular complexity index is 1190. The number of allylic oxidation sites excluding steroid dienone is 2. The van der Waals surface area contributed by atoms with Crippen LogP contribution in [-0.2, 0) is 0 Å². The average molecular weight is 507 g/mol. The minimum atomic E-state index is -0.963. The van der Waals surface area contributed by atoms with E-state index in [2.05, 4.69) is 19.1 Å². The molecule has 4 heteroatoms. The molecule has 0 N–H and O–H groups in total. The molecule has 0 aliphatic heterocycles. The van der Waals surface area contributed by atoms with Crippen molar-refractivity contribution in [3.8, 4) is 28.0 Å². The summed E-state index contributed by atoms with van der Waals surface area (Å²) < 4.78 is 50.0. The van der Waals surface area contributed by atoms with Crippen molar-refractivity contribution >= 4 is 0 Å². The Labute approximate surface area is 219 Å². The molecule has 196 valence electrons. The van der Waals surface area contributed by atoms with Gasteiger partial charge in [0.2, 0.25) is 5.82 Å². The van der Waals surface area contributed by atoms with Crippen molar-refractivity contribution in [1.29, 1.82) is 0 Å². The molecule has 1 aliphatic rings. The van der Waals surface area contributed by atoms with E-state index >= 15 is 4.39 Å². The molecular formula is C33H37F3O. The first-order valence-electron chi connectivity index (χ1n) is 13.7. The van der Waals surface area contributed by atoms with Gasteiger partial charge in [0, 0.05) is 5.56 Å². The Morgan fingerprint density at radius 2 is 1.49 bits per heavy atom. The van der Waals surface area contributed by atoms with Crippen LogP contribution in [0.25, 0.3) is 22.3 Å². The standard InChI is InChI=1S/C33H37F3O/c1-3-5-6-7-21-37-31-20-19-29(32(35)33(31)36)26-15-13-24(14-16-26)27-17-18-28(30(34)22-27)25-11-9-23(8-4-2)10-12-25/h4,8,13-20,22-23,25H,3,5-7,9-12,21H2,1-2H3. The van der Waals surface area contributed by atoms with E-state index in [1.807, 2.05) is 31.2 Å². The number of ether oxygens (including phenoxy) is 1.